The molecule has 0 aliphatic carbocycles. The van der Waals surface area contributed by atoms with E-state index in [2.05, 4.69) is 27.4 Å². The Morgan fingerprint density at radius 1 is 1.29 bits per heavy atom. The molecule has 1 fully saturated rings. The van der Waals surface area contributed by atoms with Gasteiger partial charge in [0.05, 0.1) is 24.4 Å². The maximum atomic E-state index is 12.7. The Labute approximate surface area is 166 Å². The van der Waals surface area contributed by atoms with Crippen LogP contribution >= 0.6 is 11.3 Å². The molecule has 1 unspecified atom stereocenters. The molecule has 8 heteroatoms. The second-order valence-corrected chi connectivity index (χ2v) is 7.76. The molecule has 2 aromatic heterocycles. The summed E-state index contributed by atoms with van der Waals surface area (Å²) in [7, 11) is 0. The third-order valence-electron chi connectivity index (χ3n) is 5.26. The van der Waals surface area contributed by atoms with Crippen LogP contribution in [0, 0.1) is 0 Å². The van der Waals surface area contributed by atoms with Gasteiger partial charge in [0.2, 0.25) is 5.95 Å². The van der Waals surface area contributed by atoms with Gasteiger partial charge in [-0.3, -0.25) is 4.79 Å². The van der Waals surface area contributed by atoms with Crippen LogP contribution in [0.1, 0.15) is 33.7 Å². The number of anilines is 1. The highest BCUT2D eigenvalue weighted by atomic mass is 32.1. The maximum absolute atomic E-state index is 12.7. The van der Waals surface area contributed by atoms with Crippen molar-refractivity contribution in [1.29, 1.82) is 0 Å². The average molecular weight is 393 g/mol. The fraction of sp³-hybridized carbons (Fsp3) is 0.300. The average Bonchev–Trinajstić information content (AvgIpc) is 3.49. The number of fused-ring (bicyclic) bond motifs is 2. The molecule has 7 nitrogen and oxygen atoms in total. The number of nitrogens with one attached hydrogen (secondary N) is 1. The number of aromatic nitrogens is 3. The van der Waals surface area contributed by atoms with E-state index < -0.39 is 5.60 Å². The fourth-order valence-corrected chi connectivity index (χ4v) is 4.33. The molecule has 142 valence electrons. The minimum atomic E-state index is -0.548. The van der Waals surface area contributed by atoms with E-state index in [1.165, 1.54) is 16.9 Å². The fourth-order valence-electron chi connectivity index (χ4n) is 3.80. The van der Waals surface area contributed by atoms with Crippen LogP contribution in [0.25, 0.3) is 0 Å². The highest BCUT2D eigenvalue weighted by molar-refractivity contribution is 7.07. The first-order chi connectivity index (χ1) is 13.7. The van der Waals surface area contributed by atoms with Crippen molar-refractivity contribution in [2.24, 2.45) is 0 Å². The van der Waals surface area contributed by atoms with Crippen molar-refractivity contribution in [2.75, 3.05) is 18.4 Å². The highest BCUT2D eigenvalue weighted by Crippen LogP contribution is 2.42. The Kier molecular flexibility index (Phi) is 4.29. The summed E-state index contributed by atoms with van der Waals surface area (Å²) in [5.74, 6) is 0.531. The summed E-state index contributed by atoms with van der Waals surface area (Å²) in [6.45, 7) is 2.26. The Bertz CT molecular complexity index is 995. The summed E-state index contributed by atoms with van der Waals surface area (Å²) in [4.78, 5) is 27.8. The zero-order chi connectivity index (χ0) is 19.0. The van der Waals surface area contributed by atoms with Gasteiger partial charge in [0.15, 0.2) is 0 Å². The minimum absolute atomic E-state index is 0.0494. The van der Waals surface area contributed by atoms with Gasteiger partial charge >= 0.3 is 0 Å². The molecule has 2 aliphatic rings. The van der Waals surface area contributed by atoms with E-state index >= 15 is 0 Å². The predicted octanol–water partition coefficient (Wildman–Crippen LogP) is 2.82. The van der Waals surface area contributed by atoms with Crippen LogP contribution in [0.2, 0.25) is 0 Å². The van der Waals surface area contributed by atoms with E-state index in [0.717, 1.165) is 17.7 Å². The number of thiazole rings is 1. The van der Waals surface area contributed by atoms with Crippen molar-refractivity contribution in [1.82, 2.24) is 19.9 Å². The molecule has 1 N–H and O–H groups in total. The van der Waals surface area contributed by atoms with Gasteiger partial charge in [0.25, 0.3) is 5.91 Å². The monoisotopic (exact) mass is 393 g/mol. The van der Waals surface area contributed by atoms with Gasteiger partial charge in [-0.1, -0.05) is 30.3 Å². The van der Waals surface area contributed by atoms with Crippen molar-refractivity contribution >= 4 is 23.2 Å². The smallest absolute Gasteiger partial charge is 0.273 e. The lowest BCUT2D eigenvalue weighted by Crippen LogP contribution is -2.35. The lowest BCUT2D eigenvalue weighted by Gasteiger charge is -2.23. The summed E-state index contributed by atoms with van der Waals surface area (Å²) >= 11 is 1.43. The van der Waals surface area contributed by atoms with Crippen LogP contribution in [-0.2, 0) is 23.5 Å². The lowest BCUT2D eigenvalue weighted by molar-refractivity contribution is -0.0304. The molecular weight excluding hydrogens is 374 g/mol. The number of hydrogen-bond donors (Lipinski definition) is 1. The topological polar surface area (TPSA) is 80.2 Å². The van der Waals surface area contributed by atoms with E-state index in [9.17, 15) is 4.79 Å². The van der Waals surface area contributed by atoms with E-state index in [1.54, 1.807) is 10.9 Å². The summed E-state index contributed by atoms with van der Waals surface area (Å²) in [6.07, 6.45) is 2.56. The van der Waals surface area contributed by atoms with Gasteiger partial charge < -0.3 is 15.0 Å². The Hall–Kier alpha value is -2.84. The summed E-state index contributed by atoms with van der Waals surface area (Å²) < 4.78 is 6.15. The second kappa shape index (κ2) is 6.96. The number of rotatable bonds is 4. The molecule has 1 amide bonds. The third-order valence-corrected chi connectivity index (χ3v) is 5.85. The largest absolute Gasteiger partial charge is 0.362 e. The number of amides is 1. The minimum Gasteiger partial charge on any atom is -0.362 e. The Morgan fingerprint density at radius 3 is 3.00 bits per heavy atom. The highest BCUT2D eigenvalue weighted by Gasteiger charge is 2.48. The van der Waals surface area contributed by atoms with Crippen molar-refractivity contribution in [3.8, 4) is 0 Å². The molecular formula is C20H19N5O2S. The molecule has 3 aromatic rings. The molecule has 4 heterocycles. The molecule has 0 saturated carbocycles. The normalized spacial score (nSPS) is 20.5. The maximum Gasteiger partial charge on any atom is 0.273 e. The van der Waals surface area contributed by atoms with Crippen LogP contribution < -0.4 is 5.32 Å². The number of benzene rings is 1. The first-order valence-electron chi connectivity index (χ1n) is 9.19. The number of ether oxygens (including phenoxy) is 1. The van der Waals surface area contributed by atoms with Crippen LogP contribution in [0.3, 0.4) is 0 Å². The number of carbonyl (C=O) groups excluding carboxylic acids is 1. The van der Waals surface area contributed by atoms with E-state index in [1.807, 2.05) is 29.3 Å². The summed E-state index contributed by atoms with van der Waals surface area (Å²) in [5, 5.41) is 5.07. The zero-order valence-corrected chi connectivity index (χ0v) is 16.0. The Morgan fingerprint density at radius 2 is 2.18 bits per heavy atom. The molecule has 0 bridgehead atoms. The van der Waals surface area contributed by atoms with Crippen LogP contribution in [0.15, 0.2) is 47.4 Å². The first kappa shape index (κ1) is 17.3. The van der Waals surface area contributed by atoms with Gasteiger partial charge in [-0.15, -0.1) is 11.3 Å². The number of hydrogen-bond acceptors (Lipinski definition) is 7. The summed E-state index contributed by atoms with van der Waals surface area (Å²) in [6, 6.07) is 10.1. The van der Waals surface area contributed by atoms with Gasteiger partial charge in [-0.05, 0) is 5.56 Å². The van der Waals surface area contributed by atoms with Crippen molar-refractivity contribution in [3.63, 3.8) is 0 Å². The molecule has 1 saturated heterocycles. The van der Waals surface area contributed by atoms with E-state index in [4.69, 9.17) is 9.72 Å². The molecule has 5 rings (SSSR count). The molecule has 1 spiro atoms. The lowest BCUT2D eigenvalue weighted by atomic mass is 9.98. The number of likely N-dealkylation sites (tertiary alicyclic amines) is 1. The van der Waals surface area contributed by atoms with E-state index in [-0.39, 0.29) is 5.91 Å². The molecule has 28 heavy (non-hydrogen) atoms. The van der Waals surface area contributed by atoms with Crippen LogP contribution in [0.4, 0.5) is 5.95 Å². The SMILES string of the molecule is O=C(c1cscn1)N1CCC2(C1)OCc1cnc(NCc3ccccc3)nc12. The molecule has 1 atom stereocenters. The first-order valence-corrected chi connectivity index (χ1v) is 10.1. The third kappa shape index (κ3) is 3.04. The van der Waals surface area contributed by atoms with Gasteiger partial charge in [0, 0.05) is 36.7 Å². The number of carbonyl (C=O) groups is 1. The van der Waals surface area contributed by atoms with Crippen LogP contribution in [0.5, 0.6) is 0 Å². The predicted molar refractivity (Wildman–Crippen MR) is 105 cm³/mol. The second-order valence-electron chi connectivity index (χ2n) is 7.04. The van der Waals surface area contributed by atoms with Crippen molar-refractivity contribution < 1.29 is 9.53 Å². The standard InChI is InChI=1S/C20H19N5O2S/c26-18(16-11-28-13-23-16)25-7-6-20(12-25)17-15(10-27-20)9-22-19(24-17)21-8-14-4-2-1-3-5-14/h1-5,9,11,13H,6-8,10,12H2,(H,21,22,24). The van der Waals surface area contributed by atoms with Crippen molar-refractivity contribution in [3.05, 3.63) is 69.9 Å². The summed E-state index contributed by atoms with van der Waals surface area (Å²) in [5.41, 5.74) is 4.68. The zero-order valence-electron chi connectivity index (χ0n) is 15.2. The van der Waals surface area contributed by atoms with Gasteiger partial charge in [0.1, 0.15) is 11.3 Å². The van der Waals surface area contributed by atoms with Gasteiger partial charge in [-0.2, -0.15) is 0 Å². The molecule has 2 aliphatic heterocycles. The van der Waals surface area contributed by atoms with E-state index in [0.29, 0.717) is 37.9 Å². The quantitative estimate of drug-likeness (QED) is 0.734. The molecule has 0 radical (unpaired) electrons. The number of nitrogens with zero attached hydrogens (tertiary/aromatic N) is 4. The van der Waals surface area contributed by atoms with Gasteiger partial charge in [-0.25, -0.2) is 15.0 Å². The molecule has 1 aromatic carbocycles. The Balaban J connectivity index is 1.35. The van der Waals surface area contributed by atoms with Crippen molar-refractivity contribution in [2.45, 2.75) is 25.2 Å². The van der Waals surface area contributed by atoms with Crippen LogP contribution in [-0.4, -0.2) is 38.8 Å².